The third-order valence-electron chi connectivity index (χ3n) is 3.61. The molecule has 3 N–H and O–H groups in total. The summed E-state index contributed by atoms with van der Waals surface area (Å²) in [6.07, 6.45) is 0.714. The first-order valence-electron chi connectivity index (χ1n) is 7.29. The summed E-state index contributed by atoms with van der Waals surface area (Å²) in [5.41, 5.74) is 2.63. The number of aromatic amines is 2. The summed E-state index contributed by atoms with van der Waals surface area (Å²) < 4.78 is 5.18. The third kappa shape index (κ3) is 3.42. The second kappa shape index (κ2) is 6.39. The van der Waals surface area contributed by atoms with E-state index in [2.05, 4.69) is 15.3 Å². The van der Waals surface area contributed by atoms with Crippen LogP contribution < -0.4 is 15.7 Å². The van der Waals surface area contributed by atoms with E-state index >= 15 is 0 Å². The van der Waals surface area contributed by atoms with E-state index in [1.165, 1.54) is 0 Å². The molecule has 6 nitrogen and oxygen atoms in total. The van der Waals surface area contributed by atoms with Crippen LogP contribution in [0.3, 0.4) is 0 Å². The number of H-pyrrole nitrogens is 2. The maximum atomic E-state index is 12.2. The first-order chi connectivity index (χ1) is 11.2. The molecular weight excluding hydrogens is 294 g/mol. The molecule has 0 aliphatic rings. The molecule has 0 unspecified atom stereocenters. The van der Waals surface area contributed by atoms with Crippen LogP contribution in [0.2, 0.25) is 0 Å². The maximum Gasteiger partial charge on any atom is 0.323 e. The Morgan fingerprint density at radius 2 is 1.96 bits per heavy atom. The lowest BCUT2D eigenvalue weighted by atomic mass is 10.1. The number of carbonyl (C=O) groups is 1. The van der Waals surface area contributed by atoms with Gasteiger partial charge in [0, 0.05) is 12.1 Å². The molecule has 118 valence electrons. The van der Waals surface area contributed by atoms with Gasteiger partial charge in [0.05, 0.1) is 18.1 Å². The first kappa shape index (κ1) is 14.9. The zero-order valence-electron chi connectivity index (χ0n) is 12.7. The Hall–Kier alpha value is -3.02. The second-order valence-corrected chi connectivity index (χ2v) is 5.20. The number of nitrogens with one attached hydrogen (secondary N) is 3. The van der Waals surface area contributed by atoms with E-state index in [9.17, 15) is 9.59 Å². The number of hydrogen-bond donors (Lipinski definition) is 3. The molecule has 0 saturated heterocycles. The average Bonchev–Trinajstić information content (AvgIpc) is 2.94. The highest BCUT2D eigenvalue weighted by molar-refractivity contribution is 5.97. The van der Waals surface area contributed by atoms with Crippen LogP contribution in [0.25, 0.3) is 11.0 Å². The number of carbonyl (C=O) groups excluding carboxylic acids is 1. The van der Waals surface area contributed by atoms with E-state index in [0.29, 0.717) is 29.6 Å². The molecule has 0 saturated carbocycles. The average molecular weight is 311 g/mol. The summed E-state index contributed by atoms with van der Waals surface area (Å²) in [4.78, 5) is 28.7. The lowest BCUT2D eigenvalue weighted by Gasteiger charge is -2.07. The van der Waals surface area contributed by atoms with Gasteiger partial charge in [0.15, 0.2) is 0 Å². The largest absolute Gasteiger partial charge is 0.497 e. The van der Waals surface area contributed by atoms with E-state index in [0.717, 1.165) is 11.3 Å². The number of benzene rings is 2. The number of imidazole rings is 1. The van der Waals surface area contributed by atoms with Crippen LogP contribution in [0.1, 0.15) is 15.9 Å². The summed E-state index contributed by atoms with van der Waals surface area (Å²) in [5, 5.41) is 2.87. The van der Waals surface area contributed by atoms with Gasteiger partial charge in [0.25, 0.3) is 5.91 Å². The number of rotatable bonds is 5. The molecule has 0 spiro atoms. The van der Waals surface area contributed by atoms with Crippen molar-refractivity contribution in [3.8, 4) is 5.75 Å². The van der Waals surface area contributed by atoms with E-state index < -0.39 is 0 Å². The molecule has 0 aliphatic carbocycles. The van der Waals surface area contributed by atoms with Gasteiger partial charge in [-0.25, -0.2) is 4.79 Å². The van der Waals surface area contributed by atoms with E-state index in [4.69, 9.17) is 4.74 Å². The Bertz CT molecular complexity index is 895. The van der Waals surface area contributed by atoms with Crippen LogP contribution in [-0.4, -0.2) is 29.5 Å². The van der Waals surface area contributed by atoms with Crippen LogP contribution in [0.5, 0.6) is 5.75 Å². The van der Waals surface area contributed by atoms with Gasteiger partial charge < -0.3 is 20.0 Å². The molecule has 6 heteroatoms. The van der Waals surface area contributed by atoms with Crippen molar-refractivity contribution in [2.45, 2.75) is 6.42 Å². The Kier molecular flexibility index (Phi) is 4.14. The van der Waals surface area contributed by atoms with Crippen molar-refractivity contribution in [1.82, 2.24) is 15.3 Å². The van der Waals surface area contributed by atoms with Crippen LogP contribution in [0.4, 0.5) is 0 Å². The van der Waals surface area contributed by atoms with Gasteiger partial charge in [-0.3, -0.25) is 4.79 Å². The molecule has 0 aliphatic heterocycles. The number of ether oxygens (including phenoxy) is 1. The lowest BCUT2D eigenvalue weighted by Crippen LogP contribution is -2.25. The van der Waals surface area contributed by atoms with E-state index in [1.54, 1.807) is 25.3 Å². The monoisotopic (exact) mass is 311 g/mol. The van der Waals surface area contributed by atoms with Crippen molar-refractivity contribution < 1.29 is 9.53 Å². The van der Waals surface area contributed by atoms with Gasteiger partial charge in [0.1, 0.15) is 5.75 Å². The molecule has 1 aromatic heterocycles. The summed E-state index contributed by atoms with van der Waals surface area (Å²) in [7, 11) is 1.63. The smallest absolute Gasteiger partial charge is 0.323 e. The molecule has 0 atom stereocenters. The van der Waals surface area contributed by atoms with Crippen molar-refractivity contribution in [3.63, 3.8) is 0 Å². The van der Waals surface area contributed by atoms with Crippen LogP contribution in [-0.2, 0) is 6.42 Å². The highest BCUT2D eigenvalue weighted by atomic mass is 16.5. The van der Waals surface area contributed by atoms with Gasteiger partial charge in [-0.15, -0.1) is 0 Å². The molecule has 2 aromatic carbocycles. The fourth-order valence-electron chi connectivity index (χ4n) is 2.42. The molecule has 3 aromatic rings. The van der Waals surface area contributed by atoms with E-state index in [1.807, 2.05) is 24.3 Å². The Labute approximate surface area is 132 Å². The van der Waals surface area contributed by atoms with Gasteiger partial charge >= 0.3 is 5.69 Å². The summed E-state index contributed by atoms with van der Waals surface area (Å²) in [6, 6.07) is 12.8. The number of amides is 1. The minimum Gasteiger partial charge on any atom is -0.497 e. The van der Waals surface area contributed by atoms with Crippen LogP contribution in [0.15, 0.2) is 47.3 Å². The standard InChI is InChI=1S/C17H17N3O3/c1-23-13-4-2-3-11(9-13)7-8-18-16(21)12-5-6-14-15(10-12)20-17(22)19-14/h2-6,9-10H,7-8H2,1H3,(H,18,21)(H2,19,20,22). The van der Waals surface area contributed by atoms with Crippen molar-refractivity contribution in [2.75, 3.05) is 13.7 Å². The van der Waals surface area contributed by atoms with E-state index in [-0.39, 0.29) is 11.6 Å². The highest BCUT2D eigenvalue weighted by Gasteiger charge is 2.07. The predicted octanol–water partition coefficient (Wildman–Crippen LogP) is 1.84. The number of fused-ring (bicyclic) bond motifs is 1. The molecule has 0 fully saturated rings. The Morgan fingerprint density at radius 1 is 1.13 bits per heavy atom. The first-order valence-corrected chi connectivity index (χ1v) is 7.29. The van der Waals surface area contributed by atoms with Gasteiger partial charge in [-0.2, -0.15) is 0 Å². The van der Waals surface area contributed by atoms with Gasteiger partial charge in [-0.05, 0) is 42.3 Å². The normalized spacial score (nSPS) is 10.7. The summed E-state index contributed by atoms with van der Waals surface area (Å²) in [6.45, 7) is 0.522. The number of aromatic nitrogens is 2. The minimum atomic E-state index is -0.282. The lowest BCUT2D eigenvalue weighted by molar-refractivity contribution is 0.0954. The third-order valence-corrected chi connectivity index (χ3v) is 3.61. The topological polar surface area (TPSA) is 87.0 Å². The van der Waals surface area contributed by atoms with Crippen molar-refractivity contribution >= 4 is 16.9 Å². The quantitative estimate of drug-likeness (QED) is 0.672. The molecular formula is C17H17N3O3. The maximum absolute atomic E-state index is 12.2. The van der Waals surface area contributed by atoms with Gasteiger partial charge in [-0.1, -0.05) is 12.1 Å². The Morgan fingerprint density at radius 3 is 2.78 bits per heavy atom. The molecule has 0 bridgehead atoms. The molecule has 3 rings (SSSR count). The predicted molar refractivity (Wildman–Crippen MR) is 88.0 cm³/mol. The fourth-order valence-corrected chi connectivity index (χ4v) is 2.42. The van der Waals surface area contributed by atoms with Crippen LogP contribution >= 0.6 is 0 Å². The zero-order valence-corrected chi connectivity index (χ0v) is 12.7. The van der Waals surface area contributed by atoms with Crippen molar-refractivity contribution in [1.29, 1.82) is 0 Å². The molecule has 1 amide bonds. The van der Waals surface area contributed by atoms with Crippen LogP contribution in [0, 0.1) is 0 Å². The van der Waals surface area contributed by atoms with Crippen molar-refractivity contribution in [2.24, 2.45) is 0 Å². The molecule has 1 heterocycles. The minimum absolute atomic E-state index is 0.170. The molecule has 23 heavy (non-hydrogen) atoms. The van der Waals surface area contributed by atoms with Gasteiger partial charge in [0.2, 0.25) is 0 Å². The van der Waals surface area contributed by atoms with Crippen molar-refractivity contribution in [3.05, 3.63) is 64.1 Å². The molecule has 0 radical (unpaired) electrons. The highest BCUT2D eigenvalue weighted by Crippen LogP contribution is 2.13. The summed E-state index contributed by atoms with van der Waals surface area (Å²) in [5.74, 6) is 0.632. The summed E-state index contributed by atoms with van der Waals surface area (Å²) >= 11 is 0. The SMILES string of the molecule is COc1cccc(CCNC(=O)c2ccc3[nH]c(=O)[nH]c3c2)c1. The second-order valence-electron chi connectivity index (χ2n) is 5.20. The number of hydrogen-bond acceptors (Lipinski definition) is 3. The fraction of sp³-hybridized carbons (Fsp3) is 0.176. The Balaban J connectivity index is 1.62. The number of methoxy groups -OCH3 is 1. The zero-order chi connectivity index (χ0) is 16.2.